The van der Waals surface area contributed by atoms with Crippen molar-refractivity contribution in [2.24, 2.45) is 0 Å². The number of amides is 1. The molecule has 1 aliphatic heterocycles. The number of carbonyl (C=O) groups is 1. The van der Waals surface area contributed by atoms with Crippen LogP contribution in [-0.4, -0.2) is 19.1 Å². The number of hydrogen-bond acceptors (Lipinski definition) is 2. The molecular weight excluding hydrogens is 202 g/mol. The van der Waals surface area contributed by atoms with Crippen molar-refractivity contribution >= 4 is 5.91 Å². The highest BCUT2D eigenvalue weighted by Gasteiger charge is 2.37. The van der Waals surface area contributed by atoms with Crippen LogP contribution in [0.2, 0.25) is 0 Å². The van der Waals surface area contributed by atoms with Crippen molar-refractivity contribution < 1.29 is 9.53 Å². The van der Waals surface area contributed by atoms with E-state index in [1.54, 1.807) is 0 Å². The van der Waals surface area contributed by atoms with Gasteiger partial charge in [-0.3, -0.25) is 4.79 Å². The van der Waals surface area contributed by atoms with Crippen LogP contribution in [-0.2, 0) is 15.1 Å². The maximum atomic E-state index is 11.5. The molecule has 1 heterocycles. The summed E-state index contributed by atoms with van der Waals surface area (Å²) >= 11 is 0. The predicted octanol–water partition coefficient (Wildman–Crippen LogP) is 1.60. The monoisotopic (exact) mass is 217 g/mol. The first kappa shape index (κ1) is 10.9. The lowest BCUT2D eigenvalue weighted by atomic mass is 9.89. The maximum Gasteiger partial charge on any atom is 0.244 e. The summed E-state index contributed by atoms with van der Waals surface area (Å²) in [6.45, 7) is 4.67. The quantitative estimate of drug-likeness (QED) is 0.781. The lowest BCUT2D eigenvalue weighted by molar-refractivity contribution is -0.118. The highest BCUT2D eigenvalue weighted by Crippen LogP contribution is 2.30. The molecule has 0 bridgehead atoms. The van der Waals surface area contributed by atoms with Gasteiger partial charge in [-0.25, -0.2) is 0 Å². The molecule has 84 valence electrons. The molecule has 0 radical (unpaired) electrons. The summed E-state index contributed by atoms with van der Waals surface area (Å²) in [5.41, 5.74) is 0.703. The van der Waals surface area contributed by atoms with Crippen LogP contribution in [0.3, 0.4) is 0 Å². The Balaban J connectivity index is 2.29. The van der Waals surface area contributed by atoms with Gasteiger partial charge in [-0.15, -0.1) is 0 Å². The molecule has 1 unspecified atom stereocenters. The third kappa shape index (κ3) is 1.99. The van der Waals surface area contributed by atoms with E-state index in [1.165, 1.54) is 6.08 Å². The SMILES string of the molecule is C=CC(=O)NC1(c2ccccc2)CCOC1. The Bertz CT molecular complexity index is 380. The second-order valence-electron chi connectivity index (χ2n) is 3.94. The van der Waals surface area contributed by atoms with Crippen LogP contribution in [0.5, 0.6) is 0 Å². The first-order valence-corrected chi connectivity index (χ1v) is 5.35. The predicted molar refractivity (Wildman–Crippen MR) is 61.9 cm³/mol. The third-order valence-corrected chi connectivity index (χ3v) is 2.90. The van der Waals surface area contributed by atoms with Gasteiger partial charge in [0.15, 0.2) is 0 Å². The number of benzene rings is 1. The van der Waals surface area contributed by atoms with E-state index in [1.807, 2.05) is 30.3 Å². The van der Waals surface area contributed by atoms with E-state index in [4.69, 9.17) is 4.74 Å². The van der Waals surface area contributed by atoms with Gasteiger partial charge in [0.05, 0.1) is 12.1 Å². The minimum Gasteiger partial charge on any atom is -0.379 e. The molecule has 3 nitrogen and oxygen atoms in total. The highest BCUT2D eigenvalue weighted by atomic mass is 16.5. The van der Waals surface area contributed by atoms with E-state index in [0.29, 0.717) is 13.2 Å². The van der Waals surface area contributed by atoms with Gasteiger partial charge in [-0.2, -0.15) is 0 Å². The van der Waals surface area contributed by atoms with Crippen LogP contribution in [0.4, 0.5) is 0 Å². The number of nitrogens with one attached hydrogen (secondary N) is 1. The van der Waals surface area contributed by atoms with Crippen molar-refractivity contribution in [2.75, 3.05) is 13.2 Å². The third-order valence-electron chi connectivity index (χ3n) is 2.90. The van der Waals surface area contributed by atoms with Crippen molar-refractivity contribution in [3.63, 3.8) is 0 Å². The molecule has 1 aromatic carbocycles. The zero-order valence-electron chi connectivity index (χ0n) is 9.11. The molecule has 0 saturated carbocycles. The van der Waals surface area contributed by atoms with Crippen molar-refractivity contribution in [2.45, 2.75) is 12.0 Å². The molecule has 1 fully saturated rings. The molecule has 16 heavy (non-hydrogen) atoms. The molecule has 0 spiro atoms. The molecule has 1 amide bonds. The summed E-state index contributed by atoms with van der Waals surface area (Å²) in [6.07, 6.45) is 2.10. The topological polar surface area (TPSA) is 38.3 Å². The fourth-order valence-electron chi connectivity index (χ4n) is 2.01. The number of hydrogen-bond donors (Lipinski definition) is 1. The molecule has 0 aliphatic carbocycles. The zero-order chi connectivity index (χ0) is 11.4. The summed E-state index contributed by atoms with van der Waals surface area (Å²) < 4.78 is 5.41. The van der Waals surface area contributed by atoms with E-state index in [9.17, 15) is 4.79 Å². The Hall–Kier alpha value is -1.61. The van der Waals surface area contributed by atoms with Gasteiger partial charge in [0.25, 0.3) is 0 Å². The molecule has 0 aromatic heterocycles. The first-order chi connectivity index (χ1) is 7.77. The lowest BCUT2D eigenvalue weighted by Crippen LogP contribution is -2.45. The van der Waals surface area contributed by atoms with Gasteiger partial charge in [0.2, 0.25) is 5.91 Å². The molecule has 2 rings (SSSR count). The lowest BCUT2D eigenvalue weighted by Gasteiger charge is -2.28. The van der Waals surface area contributed by atoms with Gasteiger partial charge in [0, 0.05) is 13.0 Å². The second-order valence-corrected chi connectivity index (χ2v) is 3.94. The van der Waals surface area contributed by atoms with Gasteiger partial charge >= 0.3 is 0 Å². The van der Waals surface area contributed by atoms with Crippen molar-refractivity contribution in [3.05, 3.63) is 48.6 Å². The first-order valence-electron chi connectivity index (χ1n) is 5.35. The molecular formula is C13H15NO2. The van der Waals surface area contributed by atoms with Gasteiger partial charge in [0.1, 0.15) is 0 Å². The number of rotatable bonds is 3. The Kier molecular flexibility index (Phi) is 3.06. The molecule has 1 aliphatic rings. The largest absolute Gasteiger partial charge is 0.379 e. The molecule has 1 atom stereocenters. The van der Waals surface area contributed by atoms with Crippen LogP contribution in [0, 0.1) is 0 Å². The average molecular weight is 217 g/mol. The number of carbonyl (C=O) groups excluding carboxylic acids is 1. The van der Waals surface area contributed by atoms with E-state index in [-0.39, 0.29) is 11.4 Å². The minimum atomic E-state index is -0.382. The normalized spacial score (nSPS) is 24.0. The summed E-state index contributed by atoms with van der Waals surface area (Å²) in [7, 11) is 0. The van der Waals surface area contributed by atoms with Gasteiger partial charge in [-0.05, 0) is 11.6 Å². The van der Waals surface area contributed by atoms with Crippen molar-refractivity contribution in [1.29, 1.82) is 0 Å². The van der Waals surface area contributed by atoms with Crippen LogP contribution in [0.15, 0.2) is 43.0 Å². The van der Waals surface area contributed by atoms with Crippen molar-refractivity contribution in [3.8, 4) is 0 Å². The Morgan fingerprint density at radius 3 is 2.75 bits per heavy atom. The smallest absolute Gasteiger partial charge is 0.244 e. The van der Waals surface area contributed by atoms with Gasteiger partial charge < -0.3 is 10.1 Å². The summed E-state index contributed by atoms with van der Waals surface area (Å²) in [4.78, 5) is 11.5. The summed E-state index contributed by atoms with van der Waals surface area (Å²) in [5.74, 6) is -0.158. The Morgan fingerprint density at radius 1 is 1.44 bits per heavy atom. The molecule has 1 aromatic rings. The summed E-state index contributed by atoms with van der Waals surface area (Å²) in [6, 6.07) is 9.92. The molecule has 1 N–H and O–H groups in total. The fourth-order valence-corrected chi connectivity index (χ4v) is 2.01. The van der Waals surface area contributed by atoms with E-state index in [2.05, 4.69) is 11.9 Å². The van der Waals surface area contributed by atoms with Crippen molar-refractivity contribution in [1.82, 2.24) is 5.32 Å². The standard InChI is InChI=1S/C13H15NO2/c1-2-12(15)14-13(8-9-16-10-13)11-6-4-3-5-7-11/h2-7H,1,8-10H2,(H,14,15). The summed E-state index contributed by atoms with van der Waals surface area (Å²) in [5, 5.41) is 2.98. The van der Waals surface area contributed by atoms with Crippen LogP contribution < -0.4 is 5.32 Å². The van der Waals surface area contributed by atoms with Crippen LogP contribution in [0.1, 0.15) is 12.0 Å². The fraction of sp³-hybridized carbons (Fsp3) is 0.308. The maximum absolute atomic E-state index is 11.5. The zero-order valence-corrected chi connectivity index (χ0v) is 9.11. The van der Waals surface area contributed by atoms with Crippen LogP contribution in [0.25, 0.3) is 0 Å². The number of ether oxygens (including phenoxy) is 1. The second kappa shape index (κ2) is 4.49. The van der Waals surface area contributed by atoms with E-state index in [0.717, 1.165) is 12.0 Å². The van der Waals surface area contributed by atoms with Crippen LogP contribution >= 0.6 is 0 Å². The minimum absolute atomic E-state index is 0.158. The molecule has 1 saturated heterocycles. The van der Waals surface area contributed by atoms with E-state index >= 15 is 0 Å². The average Bonchev–Trinajstić information content (AvgIpc) is 2.80. The molecule has 3 heteroatoms. The van der Waals surface area contributed by atoms with Gasteiger partial charge in [-0.1, -0.05) is 36.9 Å². The van der Waals surface area contributed by atoms with E-state index < -0.39 is 0 Å². The highest BCUT2D eigenvalue weighted by molar-refractivity contribution is 5.87. The Labute approximate surface area is 95.1 Å². The Morgan fingerprint density at radius 2 is 2.19 bits per heavy atom.